The number of hydrogen-bond acceptors (Lipinski definition) is 3. The van der Waals surface area contributed by atoms with Gasteiger partial charge >= 0.3 is 0 Å². The third-order valence-electron chi connectivity index (χ3n) is 2.51. The van der Waals surface area contributed by atoms with Crippen molar-refractivity contribution in [1.29, 1.82) is 0 Å². The Morgan fingerprint density at radius 3 is 2.44 bits per heavy atom. The number of nitrogens with two attached hydrogens (primary N) is 1. The van der Waals surface area contributed by atoms with Crippen LogP contribution in [-0.4, -0.2) is 25.8 Å². The van der Waals surface area contributed by atoms with Crippen molar-refractivity contribution < 1.29 is 12.8 Å². The van der Waals surface area contributed by atoms with E-state index >= 15 is 0 Å². The molecule has 0 atom stereocenters. The number of sulfonamides is 1. The van der Waals surface area contributed by atoms with E-state index in [1.807, 2.05) is 13.8 Å². The van der Waals surface area contributed by atoms with Crippen molar-refractivity contribution in [3.63, 3.8) is 0 Å². The molecule has 0 spiro atoms. The minimum Gasteiger partial charge on any atom is -0.398 e. The maximum atomic E-state index is 12.9. The fourth-order valence-electron chi connectivity index (χ4n) is 1.70. The first-order chi connectivity index (χ1) is 8.28. The van der Waals surface area contributed by atoms with Crippen LogP contribution in [0.5, 0.6) is 0 Å². The number of benzene rings is 1. The van der Waals surface area contributed by atoms with Gasteiger partial charge < -0.3 is 5.73 Å². The molecule has 1 rings (SSSR count). The maximum Gasteiger partial charge on any atom is 0.245 e. The van der Waals surface area contributed by atoms with E-state index in [0.717, 1.165) is 12.1 Å². The Labute approximate surface area is 108 Å². The summed E-state index contributed by atoms with van der Waals surface area (Å²) in [5.74, 6) is -0.334. The van der Waals surface area contributed by atoms with Crippen molar-refractivity contribution in [3.05, 3.63) is 24.0 Å². The molecule has 0 aliphatic heterocycles. The number of nitrogen functional groups attached to an aromatic ring is 1. The average Bonchev–Trinajstić information content (AvgIpc) is 2.24. The summed E-state index contributed by atoms with van der Waals surface area (Å²) in [5.41, 5.74) is 5.53. The van der Waals surface area contributed by atoms with Crippen LogP contribution in [0, 0.1) is 11.7 Å². The van der Waals surface area contributed by atoms with Crippen LogP contribution in [0.15, 0.2) is 23.1 Å². The molecule has 0 radical (unpaired) electrons. The average molecular weight is 274 g/mol. The largest absolute Gasteiger partial charge is 0.398 e. The molecule has 0 bridgehead atoms. The quantitative estimate of drug-likeness (QED) is 0.836. The SMILES string of the molecule is CCN(CC(C)C)S(=O)(=O)c1ccc(F)cc1N. The van der Waals surface area contributed by atoms with E-state index in [9.17, 15) is 12.8 Å². The van der Waals surface area contributed by atoms with Crippen molar-refractivity contribution in [2.45, 2.75) is 25.7 Å². The topological polar surface area (TPSA) is 63.4 Å². The zero-order chi connectivity index (χ0) is 13.9. The highest BCUT2D eigenvalue weighted by atomic mass is 32.2. The number of anilines is 1. The first kappa shape index (κ1) is 14.9. The third-order valence-corrected chi connectivity index (χ3v) is 4.53. The lowest BCUT2D eigenvalue weighted by molar-refractivity contribution is 0.381. The predicted octanol–water partition coefficient (Wildman–Crippen LogP) is 2.07. The van der Waals surface area contributed by atoms with E-state index in [1.54, 1.807) is 6.92 Å². The molecule has 0 saturated carbocycles. The highest BCUT2D eigenvalue weighted by Gasteiger charge is 2.25. The Hall–Kier alpha value is -1.14. The van der Waals surface area contributed by atoms with Gasteiger partial charge in [0.15, 0.2) is 0 Å². The van der Waals surface area contributed by atoms with Crippen LogP contribution in [0.3, 0.4) is 0 Å². The Morgan fingerprint density at radius 1 is 1.39 bits per heavy atom. The monoisotopic (exact) mass is 274 g/mol. The van der Waals surface area contributed by atoms with Crippen LogP contribution in [0.1, 0.15) is 20.8 Å². The van der Waals surface area contributed by atoms with Crippen LogP contribution < -0.4 is 5.73 Å². The highest BCUT2D eigenvalue weighted by molar-refractivity contribution is 7.89. The molecule has 0 saturated heterocycles. The fourth-order valence-corrected chi connectivity index (χ4v) is 3.41. The zero-order valence-corrected chi connectivity index (χ0v) is 11.7. The number of nitrogens with zero attached hydrogens (tertiary/aromatic N) is 1. The lowest BCUT2D eigenvalue weighted by atomic mass is 10.2. The second-order valence-electron chi connectivity index (χ2n) is 4.53. The van der Waals surface area contributed by atoms with Gasteiger partial charge in [0.05, 0.1) is 5.69 Å². The molecule has 0 aliphatic carbocycles. The molecule has 2 N–H and O–H groups in total. The molecule has 6 heteroatoms. The summed E-state index contributed by atoms with van der Waals surface area (Å²) in [4.78, 5) is -0.0357. The summed E-state index contributed by atoms with van der Waals surface area (Å²) in [5, 5.41) is 0. The van der Waals surface area contributed by atoms with E-state index in [0.29, 0.717) is 13.1 Å². The van der Waals surface area contributed by atoms with Gasteiger partial charge in [0, 0.05) is 13.1 Å². The predicted molar refractivity (Wildman–Crippen MR) is 70.1 cm³/mol. The van der Waals surface area contributed by atoms with Crippen molar-refractivity contribution in [1.82, 2.24) is 4.31 Å². The molecule has 18 heavy (non-hydrogen) atoms. The van der Waals surface area contributed by atoms with Crippen LogP contribution >= 0.6 is 0 Å². The summed E-state index contributed by atoms with van der Waals surface area (Å²) >= 11 is 0. The molecular weight excluding hydrogens is 255 g/mol. The molecule has 4 nitrogen and oxygen atoms in total. The summed E-state index contributed by atoms with van der Waals surface area (Å²) in [6.07, 6.45) is 0. The summed E-state index contributed by atoms with van der Waals surface area (Å²) < 4.78 is 39.0. The number of hydrogen-bond donors (Lipinski definition) is 1. The van der Waals surface area contributed by atoms with Gasteiger partial charge in [-0.25, -0.2) is 12.8 Å². The van der Waals surface area contributed by atoms with E-state index in [-0.39, 0.29) is 16.5 Å². The van der Waals surface area contributed by atoms with Crippen LogP contribution in [0.2, 0.25) is 0 Å². The molecule has 0 aromatic heterocycles. The molecule has 0 heterocycles. The molecule has 0 aliphatic rings. The van der Waals surface area contributed by atoms with Crippen molar-refractivity contribution in [2.24, 2.45) is 5.92 Å². The van der Waals surface area contributed by atoms with Crippen LogP contribution in [-0.2, 0) is 10.0 Å². The smallest absolute Gasteiger partial charge is 0.245 e. The Balaban J connectivity index is 3.19. The second-order valence-corrected chi connectivity index (χ2v) is 6.44. The van der Waals surface area contributed by atoms with Crippen molar-refractivity contribution in [2.75, 3.05) is 18.8 Å². The Bertz CT molecular complexity index is 515. The molecule has 0 amide bonds. The van der Waals surface area contributed by atoms with E-state index in [4.69, 9.17) is 5.73 Å². The standard InChI is InChI=1S/C12H19FN2O2S/c1-4-15(8-9(2)3)18(16,17)12-6-5-10(13)7-11(12)14/h5-7,9H,4,8,14H2,1-3H3. The molecular formula is C12H19FN2O2S. The molecule has 1 aromatic carbocycles. The maximum absolute atomic E-state index is 12.9. The van der Waals surface area contributed by atoms with Crippen molar-refractivity contribution >= 4 is 15.7 Å². The second kappa shape index (κ2) is 5.67. The van der Waals surface area contributed by atoms with Gasteiger partial charge in [0.1, 0.15) is 10.7 Å². The zero-order valence-electron chi connectivity index (χ0n) is 10.9. The van der Waals surface area contributed by atoms with Gasteiger partial charge in [-0.1, -0.05) is 20.8 Å². The summed E-state index contributed by atoms with van der Waals surface area (Å²) in [6, 6.07) is 3.34. The van der Waals surface area contributed by atoms with Crippen LogP contribution in [0.4, 0.5) is 10.1 Å². The van der Waals surface area contributed by atoms with Crippen molar-refractivity contribution in [3.8, 4) is 0 Å². The first-order valence-electron chi connectivity index (χ1n) is 5.84. The molecule has 1 aromatic rings. The first-order valence-corrected chi connectivity index (χ1v) is 7.28. The van der Waals surface area contributed by atoms with Gasteiger partial charge in [0.25, 0.3) is 0 Å². The van der Waals surface area contributed by atoms with Gasteiger partial charge in [-0.15, -0.1) is 0 Å². The van der Waals surface area contributed by atoms with E-state index in [1.165, 1.54) is 10.4 Å². The normalized spacial score (nSPS) is 12.3. The molecule has 0 unspecified atom stereocenters. The van der Waals surface area contributed by atoms with Gasteiger partial charge in [-0.3, -0.25) is 0 Å². The highest BCUT2D eigenvalue weighted by Crippen LogP contribution is 2.23. The molecule has 0 fully saturated rings. The third kappa shape index (κ3) is 3.20. The van der Waals surface area contributed by atoms with E-state index in [2.05, 4.69) is 0 Å². The molecule has 102 valence electrons. The van der Waals surface area contributed by atoms with Crippen LogP contribution in [0.25, 0.3) is 0 Å². The Kier molecular flexibility index (Phi) is 4.70. The fraction of sp³-hybridized carbons (Fsp3) is 0.500. The minimum absolute atomic E-state index is 0.0357. The minimum atomic E-state index is -3.65. The lowest BCUT2D eigenvalue weighted by Crippen LogP contribution is -2.34. The van der Waals surface area contributed by atoms with E-state index < -0.39 is 15.8 Å². The number of rotatable bonds is 5. The lowest BCUT2D eigenvalue weighted by Gasteiger charge is -2.23. The van der Waals surface area contributed by atoms with Gasteiger partial charge in [0.2, 0.25) is 10.0 Å². The Morgan fingerprint density at radius 2 is 2.00 bits per heavy atom. The number of halogens is 1. The van der Waals surface area contributed by atoms with Gasteiger partial charge in [-0.2, -0.15) is 4.31 Å². The van der Waals surface area contributed by atoms with Gasteiger partial charge in [-0.05, 0) is 24.1 Å². The summed E-state index contributed by atoms with van der Waals surface area (Å²) in [6.45, 7) is 6.41. The summed E-state index contributed by atoms with van der Waals surface area (Å²) in [7, 11) is -3.65.